The molecule has 0 aromatic heterocycles. The lowest BCUT2D eigenvalue weighted by Crippen LogP contribution is -2.21. The molecule has 0 spiro atoms. The quantitative estimate of drug-likeness (QED) is 0.455. The number of nitrogens with one attached hydrogen (secondary N) is 1. The number of hydrogen-bond donors (Lipinski definition) is 3. The van der Waals surface area contributed by atoms with Crippen LogP contribution in [0.1, 0.15) is 55.9 Å². The minimum atomic E-state index is -0.715. The van der Waals surface area contributed by atoms with Crippen LogP contribution >= 0.6 is 0 Å². The van der Waals surface area contributed by atoms with E-state index in [1.165, 1.54) is 5.56 Å². The highest BCUT2D eigenvalue weighted by molar-refractivity contribution is 5.66. The number of carboxylic acid groups (broad SMARTS) is 1. The number of carbonyl (C=O) groups is 1. The second-order valence-electron chi connectivity index (χ2n) is 5.18. The van der Waals surface area contributed by atoms with Crippen molar-refractivity contribution in [3.63, 3.8) is 0 Å². The van der Waals surface area contributed by atoms with E-state index < -0.39 is 12.2 Å². The Labute approximate surface area is 120 Å². The maximum absolute atomic E-state index is 10.3. The summed E-state index contributed by atoms with van der Waals surface area (Å²) in [6.45, 7) is 2.79. The van der Waals surface area contributed by atoms with Gasteiger partial charge in [-0.2, -0.15) is 0 Å². The maximum atomic E-state index is 10.3. The second kappa shape index (κ2) is 9.50. The van der Waals surface area contributed by atoms with Crippen molar-refractivity contribution in [1.29, 1.82) is 0 Å². The van der Waals surface area contributed by atoms with Gasteiger partial charge in [-0.05, 0) is 31.9 Å². The summed E-state index contributed by atoms with van der Waals surface area (Å²) in [4.78, 5) is 10.3. The van der Waals surface area contributed by atoms with Crippen LogP contribution in [0.2, 0.25) is 0 Å². The molecule has 0 saturated carbocycles. The van der Waals surface area contributed by atoms with Gasteiger partial charge in [0.1, 0.15) is 6.23 Å². The Balaban J connectivity index is 2.03. The van der Waals surface area contributed by atoms with Gasteiger partial charge in [0.15, 0.2) is 0 Å². The van der Waals surface area contributed by atoms with Crippen LogP contribution in [0.4, 0.5) is 0 Å². The van der Waals surface area contributed by atoms with Crippen molar-refractivity contribution in [3.8, 4) is 0 Å². The average Bonchev–Trinajstić information content (AvgIpc) is 2.42. The van der Waals surface area contributed by atoms with E-state index in [4.69, 9.17) is 5.11 Å². The third kappa shape index (κ3) is 7.26. The Kier molecular flexibility index (Phi) is 7.92. The molecule has 0 saturated heterocycles. The Morgan fingerprint density at radius 3 is 2.35 bits per heavy atom. The molecule has 0 aliphatic carbocycles. The number of aliphatic carboxylic acids is 1. The van der Waals surface area contributed by atoms with Gasteiger partial charge in [0, 0.05) is 6.42 Å². The molecule has 0 fully saturated rings. The van der Waals surface area contributed by atoms with Gasteiger partial charge in [-0.15, -0.1) is 0 Å². The van der Waals surface area contributed by atoms with E-state index in [0.29, 0.717) is 0 Å². The summed E-state index contributed by atoms with van der Waals surface area (Å²) in [5.74, 6) is -0.715. The number of unbranched alkanes of at least 4 members (excludes halogenated alkanes) is 4. The van der Waals surface area contributed by atoms with Crippen molar-refractivity contribution in [3.05, 3.63) is 35.4 Å². The number of aryl methyl sites for hydroxylation is 1. The fourth-order valence-corrected chi connectivity index (χ4v) is 2.04. The lowest BCUT2D eigenvalue weighted by molar-refractivity contribution is -0.137. The highest BCUT2D eigenvalue weighted by Gasteiger charge is 2.05. The first-order valence-corrected chi connectivity index (χ1v) is 7.29. The summed E-state index contributed by atoms with van der Waals surface area (Å²) in [5, 5.41) is 21.5. The molecule has 1 atom stereocenters. The largest absolute Gasteiger partial charge is 0.481 e. The Bertz CT molecular complexity index is 389. The standard InChI is InChI=1S/C16H25NO3/c1-13-8-10-14(11-9-13)16(20)17-12-6-4-2-3-5-7-15(18)19/h8-11,16-17,20H,2-7,12H2,1H3,(H,18,19). The molecule has 3 N–H and O–H groups in total. The van der Waals surface area contributed by atoms with E-state index in [2.05, 4.69) is 5.32 Å². The zero-order valence-corrected chi connectivity index (χ0v) is 12.1. The topological polar surface area (TPSA) is 69.6 Å². The first-order valence-electron chi connectivity index (χ1n) is 7.29. The fraction of sp³-hybridized carbons (Fsp3) is 0.562. The third-order valence-electron chi connectivity index (χ3n) is 3.30. The predicted molar refractivity (Wildman–Crippen MR) is 79.5 cm³/mol. The molecule has 20 heavy (non-hydrogen) atoms. The molecule has 4 nitrogen and oxygen atoms in total. The summed E-state index contributed by atoms with van der Waals surface area (Å²) >= 11 is 0. The minimum absolute atomic E-state index is 0.268. The van der Waals surface area contributed by atoms with Gasteiger partial charge in [-0.25, -0.2) is 0 Å². The van der Waals surface area contributed by atoms with Gasteiger partial charge >= 0.3 is 5.97 Å². The molecule has 0 aliphatic rings. The molecule has 1 aromatic rings. The van der Waals surface area contributed by atoms with Crippen LogP contribution in [0.25, 0.3) is 0 Å². The second-order valence-corrected chi connectivity index (χ2v) is 5.18. The van der Waals surface area contributed by atoms with E-state index >= 15 is 0 Å². The zero-order valence-electron chi connectivity index (χ0n) is 12.1. The van der Waals surface area contributed by atoms with Crippen LogP contribution in [0.5, 0.6) is 0 Å². The van der Waals surface area contributed by atoms with E-state index in [9.17, 15) is 9.90 Å². The number of rotatable bonds is 10. The molecule has 1 aromatic carbocycles. The smallest absolute Gasteiger partial charge is 0.303 e. The van der Waals surface area contributed by atoms with Crippen molar-refractivity contribution in [2.24, 2.45) is 0 Å². The minimum Gasteiger partial charge on any atom is -0.481 e. The van der Waals surface area contributed by atoms with Gasteiger partial charge in [-0.3, -0.25) is 10.1 Å². The van der Waals surface area contributed by atoms with Crippen LogP contribution in [-0.2, 0) is 4.79 Å². The zero-order chi connectivity index (χ0) is 14.8. The van der Waals surface area contributed by atoms with Crippen molar-refractivity contribution < 1.29 is 15.0 Å². The lowest BCUT2D eigenvalue weighted by Gasteiger charge is -2.13. The Morgan fingerprint density at radius 2 is 1.70 bits per heavy atom. The number of aliphatic hydroxyl groups is 1. The van der Waals surface area contributed by atoms with Crippen LogP contribution in [0.3, 0.4) is 0 Å². The molecule has 0 heterocycles. The highest BCUT2D eigenvalue weighted by atomic mass is 16.4. The van der Waals surface area contributed by atoms with E-state index in [1.807, 2.05) is 31.2 Å². The third-order valence-corrected chi connectivity index (χ3v) is 3.30. The Hall–Kier alpha value is -1.39. The summed E-state index contributed by atoms with van der Waals surface area (Å²) in [6, 6.07) is 7.84. The van der Waals surface area contributed by atoms with Crippen LogP contribution in [0, 0.1) is 6.92 Å². The van der Waals surface area contributed by atoms with Crippen molar-refractivity contribution in [2.75, 3.05) is 6.54 Å². The monoisotopic (exact) mass is 279 g/mol. The molecular formula is C16H25NO3. The number of aliphatic hydroxyl groups excluding tert-OH is 1. The molecule has 0 aliphatic heterocycles. The van der Waals surface area contributed by atoms with Crippen LogP contribution < -0.4 is 5.32 Å². The summed E-state index contributed by atoms with van der Waals surface area (Å²) in [5.41, 5.74) is 2.07. The van der Waals surface area contributed by atoms with Crippen molar-refractivity contribution >= 4 is 5.97 Å². The van der Waals surface area contributed by atoms with Gasteiger partial charge in [-0.1, -0.05) is 49.1 Å². The molecule has 112 valence electrons. The van der Waals surface area contributed by atoms with Gasteiger partial charge < -0.3 is 10.2 Å². The van der Waals surface area contributed by atoms with Gasteiger partial charge in [0.05, 0.1) is 0 Å². The normalized spacial score (nSPS) is 12.3. The molecule has 0 bridgehead atoms. The molecule has 4 heteroatoms. The average molecular weight is 279 g/mol. The Morgan fingerprint density at radius 1 is 1.10 bits per heavy atom. The van der Waals surface area contributed by atoms with Crippen molar-refractivity contribution in [1.82, 2.24) is 5.32 Å². The summed E-state index contributed by atoms with van der Waals surface area (Å²) < 4.78 is 0. The number of hydrogen-bond acceptors (Lipinski definition) is 3. The van der Waals surface area contributed by atoms with Gasteiger partial charge in [0.25, 0.3) is 0 Å². The first kappa shape index (κ1) is 16.7. The summed E-state index contributed by atoms with van der Waals surface area (Å²) in [6.07, 6.45) is 4.49. The van der Waals surface area contributed by atoms with E-state index in [1.54, 1.807) is 0 Å². The first-order chi connectivity index (χ1) is 9.59. The molecular weight excluding hydrogens is 254 g/mol. The van der Waals surface area contributed by atoms with E-state index in [-0.39, 0.29) is 6.42 Å². The summed E-state index contributed by atoms with van der Waals surface area (Å²) in [7, 11) is 0. The number of carboxylic acids is 1. The fourth-order valence-electron chi connectivity index (χ4n) is 2.04. The highest BCUT2D eigenvalue weighted by Crippen LogP contribution is 2.11. The van der Waals surface area contributed by atoms with Crippen molar-refractivity contribution in [2.45, 2.75) is 51.7 Å². The lowest BCUT2D eigenvalue weighted by atomic mass is 10.1. The van der Waals surface area contributed by atoms with Crippen LogP contribution in [0.15, 0.2) is 24.3 Å². The maximum Gasteiger partial charge on any atom is 0.303 e. The number of benzene rings is 1. The molecule has 0 radical (unpaired) electrons. The molecule has 1 rings (SSSR count). The molecule has 1 unspecified atom stereocenters. The predicted octanol–water partition coefficient (Wildman–Crippen LogP) is 3.00. The molecule has 0 amide bonds. The SMILES string of the molecule is Cc1ccc(C(O)NCCCCCCCC(=O)O)cc1. The van der Waals surface area contributed by atoms with Gasteiger partial charge in [0.2, 0.25) is 0 Å². The van der Waals surface area contributed by atoms with Crippen LogP contribution in [-0.4, -0.2) is 22.7 Å². The van der Waals surface area contributed by atoms with E-state index in [0.717, 1.165) is 44.2 Å².